The number of para-hydroxylation sites is 1. The Balaban J connectivity index is 1.49. The fraction of sp³-hybridized carbons (Fsp3) is 0.389. The van der Waals surface area contributed by atoms with Gasteiger partial charge in [0.05, 0.1) is 12.2 Å². The lowest BCUT2D eigenvalue weighted by molar-refractivity contribution is -0.123. The van der Waals surface area contributed by atoms with Crippen molar-refractivity contribution in [3.8, 4) is 5.75 Å². The summed E-state index contributed by atoms with van der Waals surface area (Å²) in [7, 11) is 0. The summed E-state index contributed by atoms with van der Waals surface area (Å²) in [6.45, 7) is 1.96. The number of anilines is 1. The number of nitrogens with one attached hydrogen (secondary N) is 1. The number of halogens is 1. The highest BCUT2D eigenvalue weighted by molar-refractivity contribution is 5.77. The van der Waals surface area contributed by atoms with Crippen LogP contribution in [-0.4, -0.2) is 35.6 Å². The molecule has 1 saturated heterocycles. The largest absolute Gasteiger partial charge is 0.481 e. The van der Waals surface area contributed by atoms with Crippen LogP contribution in [0.15, 0.2) is 36.5 Å². The fourth-order valence-corrected chi connectivity index (χ4v) is 2.67. The summed E-state index contributed by atoms with van der Waals surface area (Å²) in [5, 5.41) is 2.72. The number of aromatic nitrogens is 2. The minimum atomic E-state index is -0.489. The van der Waals surface area contributed by atoms with E-state index in [1.807, 2.05) is 0 Å². The second kappa shape index (κ2) is 8.41. The van der Waals surface area contributed by atoms with E-state index in [4.69, 9.17) is 4.74 Å². The van der Waals surface area contributed by atoms with Crippen molar-refractivity contribution in [2.75, 3.05) is 24.6 Å². The Labute approximate surface area is 146 Å². The summed E-state index contributed by atoms with van der Waals surface area (Å²) in [5.74, 6) is -0.0558. The van der Waals surface area contributed by atoms with Gasteiger partial charge in [0.15, 0.2) is 18.2 Å². The smallest absolute Gasteiger partial charge is 0.258 e. The van der Waals surface area contributed by atoms with Crippen molar-refractivity contribution in [1.82, 2.24) is 15.3 Å². The Bertz CT molecular complexity index is 720. The number of carbonyl (C=O) groups is 1. The van der Waals surface area contributed by atoms with Gasteiger partial charge in [-0.2, -0.15) is 0 Å². The zero-order valence-electron chi connectivity index (χ0n) is 13.9. The number of rotatable bonds is 6. The van der Waals surface area contributed by atoms with E-state index >= 15 is 0 Å². The molecule has 6 nitrogen and oxygen atoms in total. The lowest BCUT2D eigenvalue weighted by Crippen LogP contribution is -2.32. The van der Waals surface area contributed by atoms with Gasteiger partial charge >= 0.3 is 0 Å². The average molecular weight is 344 g/mol. The monoisotopic (exact) mass is 344 g/mol. The topological polar surface area (TPSA) is 67.3 Å². The molecule has 7 heteroatoms. The van der Waals surface area contributed by atoms with Crippen LogP contribution in [0.1, 0.15) is 25.0 Å². The van der Waals surface area contributed by atoms with E-state index in [-0.39, 0.29) is 24.8 Å². The van der Waals surface area contributed by atoms with Crippen molar-refractivity contribution < 1.29 is 13.9 Å². The van der Waals surface area contributed by atoms with E-state index < -0.39 is 5.82 Å². The highest BCUT2D eigenvalue weighted by atomic mass is 19.1. The summed E-state index contributed by atoms with van der Waals surface area (Å²) in [4.78, 5) is 22.8. The van der Waals surface area contributed by atoms with Gasteiger partial charge in [-0.1, -0.05) is 12.1 Å². The van der Waals surface area contributed by atoms with Gasteiger partial charge in [-0.25, -0.2) is 14.4 Å². The molecule has 0 aliphatic carbocycles. The van der Waals surface area contributed by atoms with E-state index in [0.29, 0.717) is 5.95 Å². The van der Waals surface area contributed by atoms with Gasteiger partial charge in [-0.3, -0.25) is 4.79 Å². The molecule has 25 heavy (non-hydrogen) atoms. The van der Waals surface area contributed by atoms with Crippen LogP contribution < -0.4 is 15.0 Å². The highest BCUT2D eigenvalue weighted by Gasteiger charge is 2.14. The quantitative estimate of drug-likeness (QED) is 0.871. The van der Waals surface area contributed by atoms with Crippen LogP contribution in [-0.2, 0) is 11.3 Å². The van der Waals surface area contributed by atoms with Crippen molar-refractivity contribution in [2.45, 2.75) is 25.8 Å². The van der Waals surface area contributed by atoms with Gasteiger partial charge in [0.25, 0.3) is 5.91 Å². The molecule has 0 saturated carbocycles. The summed E-state index contributed by atoms with van der Waals surface area (Å²) in [5.41, 5.74) is 0.731. The van der Waals surface area contributed by atoms with Gasteiger partial charge in [0, 0.05) is 19.3 Å². The molecule has 1 N–H and O–H groups in total. The third-order valence-corrected chi connectivity index (χ3v) is 4.00. The van der Waals surface area contributed by atoms with Gasteiger partial charge < -0.3 is 15.0 Å². The molecule has 0 spiro atoms. The number of hydrogen-bond acceptors (Lipinski definition) is 5. The van der Waals surface area contributed by atoms with Crippen LogP contribution in [0.25, 0.3) is 0 Å². The third kappa shape index (κ3) is 4.89. The first-order chi connectivity index (χ1) is 12.2. The molecule has 2 aromatic rings. The molecule has 1 aromatic carbocycles. The predicted octanol–water partition coefficient (Wildman–Crippen LogP) is 2.30. The van der Waals surface area contributed by atoms with Crippen LogP contribution in [0, 0.1) is 5.82 Å². The predicted molar refractivity (Wildman–Crippen MR) is 91.8 cm³/mol. The number of piperidine rings is 1. The Morgan fingerprint density at radius 2 is 2.00 bits per heavy atom. The molecule has 1 aromatic heterocycles. The molecule has 1 amide bonds. The summed E-state index contributed by atoms with van der Waals surface area (Å²) >= 11 is 0. The molecule has 0 unspecified atom stereocenters. The fourth-order valence-electron chi connectivity index (χ4n) is 2.67. The molecule has 0 bridgehead atoms. The standard InChI is InChI=1S/C18H21FN4O2/c19-15-6-2-3-7-16(15)25-13-17(24)21-12-14-8-9-20-18(22-14)23-10-4-1-5-11-23/h2-3,6-9H,1,4-5,10-13H2,(H,21,24). The minimum absolute atomic E-state index is 0.0621. The van der Waals surface area contributed by atoms with Crippen molar-refractivity contribution in [3.63, 3.8) is 0 Å². The zero-order valence-corrected chi connectivity index (χ0v) is 13.9. The van der Waals surface area contributed by atoms with Gasteiger partial charge in [-0.15, -0.1) is 0 Å². The van der Waals surface area contributed by atoms with E-state index in [2.05, 4.69) is 20.2 Å². The highest BCUT2D eigenvalue weighted by Crippen LogP contribution is 2.16. The Kier molecular flexibility index (Phi) is 5.77. The van der Waals surface area contributed by atoms with Crippen molar-refractivity contribution in [2.24, 2.45) is 0 Å². The van der Waals surface area contributed by atoms with E-state index in [1.54, 1.807) is 24.4 Å². The van der Waals surface area contributed by atoms with Gasteiger partial charge in [0.2, 0.25) is 5.95 Å². The second-order valence-electron chi connectivity index (χ2n) is 5.89. The molecule has 0 atom stereocenters. The number of nitrogens with zero attached hydrogens (tertiary/aromatic N) is 3. The minimum Gasteiger partial charge on any atom is -0.481 e. The number of ether oxygens (including phenoxy) is 1. The first-order valence-corrected chi connectivity index (χ1v) is 8.43. The van der Waals surface area contributed by atoms with Crippen LogP contribution in [0.5, 0.6) is 5.75 Å². The van der Waals surface area contributed by atoms with Crippen LogP contribution >= 0.6 is 0 Å². The first kappa shape index (κ1) is 17.1. The van der Waals surface area contributed by atoms with Crippen LogP contribution in [0.2, 0.25) is 0 Å². The lowest BCUT2D eigenvalue weighted by Gasteiger charge is -2.26. The summed E-state index contributed by atoms with van der Waals surface area (Å²) < 4.78 is 18.6. The van der Waals surface area contributed by atoms with E-state index in [1.165, 1.54) is 18.6 Å². The van der Waals surface area contributed by atoms with E-state index in [9.17, 15) is 9.18 Å². The van der Waals surface area contributed by atoms with Gasteiger partial charge in [-0.05, 0) is 37.5 Å². The summed E-state index contributed by atoms with van der Waals surface area (Å²) in [6.07, 6.45) is 5.25. The SMILES string of the molecule is O=C(COc1ccccc1F)NCc1ccnc(N2CCCCC2)n1. The van der Waals surface area contributed by atoms with E-state index in [0.717, 1.165) is 31.6 Å². The van der Waals surface area contributed by atoms with Crippen molar-refractivity contribution in [3.05, 3.63) is 48.0 Å². The number of benzene rings is 1. The lowest BCUT2D eigenvalue weighted by atomic mass is 10.1. The maximum atomic E-state index is 13.4. The number of hydrogen-bond donors (Lipinski definition) is 1. The summed E-state index contributed by atoms with van der Waals surface area (Å²) in [6, 6.07) is 7.76. The molecular weight excluding hydrogens is 323 g/mol. The molecule has 1 fully saturated rings. The normalized spacial score (nSPS) is 14.2. The maximum absolute atomic E-state index is 13.4. The molecule has 1 aliphatic rings. The molecule has 132 valence electrons. The van der Waals surface area contributed by atoms with Crippen molar-refractivity contribution in [1.29, 1.82) is 0 Å². The van der Waals surface area contributed by atoms with Crippen LogP contribution in [0.3, 0.4) is 0 Å². The molecule has 0 radical (unpaired) electrons. The zero-order chi connectivity index (χ0) is 17.5. The number of amides is 1. The Morgan fingerprint density at radius 3 is 2.80 bits per heavy atom. The molecular formula is C18H21FN4O2. The molecule has 2 heterocycles. The van der Waals surface area contributed by atoms with Crippen molar-refractivity contribution >= 4 is 11.9 Å². The molecule has 3 rings (SSSR count). The second-order valence-corrected chi connectivity index (χ2v) is 5.89. The average Bonchev–Trinajstić information content (AvgIpc) is 2.67. The van der Waals surface area contributed by atoms with Gasteiger partial charge in [0.1, 0.15) is 0 Å². The molecule has 1 aliphatic heterocycles. The third-order valence-electron chi connectivity index (χ3n) is 4.00. The first-order valence-electron chi connectivity index (χ1n) is 8.43. The maximum Gasteiger partial charge on any atom is 0.258 e. The van der Waals surface area contributed by atoms with Crippen LogP contribution in [0.4, 0.5) is 10.3 Å². The Hall–Kier alpha value is -2.70. The Morgan fingerprint density at radius 1 is 1.20 bits per heavy atom. The number of carbonyl (C=O) groups excluding carboxylic acids is 1.